The van der Waals surface area contributed by atoms with Gasteiger partial charge >= 0.3 is 0 Å². The van der Waals surface area contributed by atoms with Crippen molar-refractivity contribution in [1.82, 2.24) is 25.0 Å². The highest BCUT2D eigenvalue weighted by Crippen LogP contribution is 2.30. The third-order valence-corrected chi connectivity index (χ3v) is 4.53. The standard InChI is InChI=1S/C21H27N5O/c1-15-7-5-8-17(13-15)18-9-11-23-21-20(18)16(2)24-26(21)14-19(27)22-10-6-12-25(3)4/h5,7-9,11,13H,6,10,12,14H2,1-4H3,(H,22,27). The number of nitrogens with zero attached hydrogens (tertiary/aromatic N) is 4. The van der Waals surface area contributed by atoms with Crippen molar-refractivity contribution in [2.75, 3.05) is 27.2 Å². The molecule has 0 radical (unpaired) electrons. The van der Waals surface area contributed by atoms with Crippen molar-refractivity contribution in [2.45, 2.75) is 26.8 Å². The quantitative estimate of drug-likeness (QED) is 0.654. The van der Waals surface area contributed by atoms with Gasteiger partial charge < -0.3 is 10.2 Å². The highest BCUT2D eigenvalue weighted by molar-refractivity contribution is 5.95. The minimum atomic E-state index is -0.0408. The van der Waals surface area contributed by atoms with Gasteiger partial charge in [-0.05, 0) is 58.1 Å². The van der Waals surface area contributed by atoms with Crippen molar-refractivity contribution >= 4 is 16.9 Å². The molecule has 1 amide bonds. The number of hydrogen-bond acceptors (Lipinski definition) is 4. The Bertz CT molecular complexity index is 945. The molecule has 0 fully saturated rings. The maximum absolute atomic E-state index is 12.3. The number of fused-ring (bicyclic) bond motifs is 1. The molecule has 0 aliphatic carbocycles. The summed E-state index contributed by atoms with van der Waals surface area (Å²) >= 11 is 0. The molecule has 1 aromatic carbocycles. The van der Waals surface area contributed by atoms with E-state index in [4.69, 9.17) is 0 Å². The Labute approximate surface area is 160 Å². The van der Waals surface area contributed by atoms with Gasteiger partial charge in [-0.15, -0.1) is 0 Å². The first-order valence-electron chi connectivity index (χ1n) is 9.26. The molecule has 2 aromatic heterocycles. The first-order valence-corrected chi connectivity index (χ1v) is 9.26. The molecule has 0 aliphatic heterocycles. The van der Waals surface area contributed by atoms with Gasteiger partial charge in [-0.1, -0.05) is 29.8 Å². The number of nitrogens with one attached hydrogen (secondary N) is 1. The Morgan fingerprint density at radius 2 is 2.04 bits per heavy atom. The van der Waals surface area contributed by atoms with Gasteiger partial charge in [0.05, 0.1) is 5.69 Å². The van der Waals surface area contributed by atoms with Crippen LogP contribution in [0.15, 0.2) is 36.5 Å². The average Bonchev–Trinajstić information content (AvgIpc) is 2.94. The van der Waals surface area contributed by atoms with Crippen LogP contribution in [0.25, 0.3) is 22.2 Å². The first kappa shape index (κ1) is 19.0. The summed E-state index contributed by atoms with van der Waals surface area (Å²) in [5.74, 6) is -0.0408. The lowest BCUT2D eigenvalue weighted by Crippen LogP contribution is -2.30. The molecule has 27 heavy (non-hydrogen) atoms. The predicted octanol–water partition coefficient (Wildman–Crippen LogP) is 2.78. The van der Waals surface area contributed by atoms with Crippen LogP contribution in [-0.2, 0) is 11.3 Å². The fourth-order valence-corrected chi connectivity index (χ4v) is 3.26. The molecule has 0 saturated carbocycles. The summed E-state index contributed by atoms with van der Waals surface area (Å²) in [6.45, 7) is 5.84. The SMILES string of the molecule is Cc1cccc(-c2ccnc3c2c(C)nn3CC(=O)NCCCN(C)C)c1. The van der Waals surface area contributed by atoms with Crippen LogP contribution in [0.4, 0.5) is 0 Å². The number of hydrogen-bond donors (Lipinski definition) is 1. The van der Waals surface area contributed by atoms with Crippen LogP contribution in [0.5, 0.6) is 0 Å². The predicted molar refractivity (Wildman–Crippen MR) is 109 cm³/mol. The number of carbonyl (C=O) groups excluding carboxylic acids is 1. The molecule has 2 heterocycles. The van der Waals surface area contributed by atoms with E-state index >= 15 is 0 Å². The lowest BCUT2D eigenvalue weighted by molar-refractivity contribution is -0.121. The smallest absolute Gasteiger partial charge is 0.241 e. The van der Waals surface area contributed by atoms with E-state index in [-0.39, 0.29) is 12.5 Å². The molecule has 1 N–H and O–H groups in total. The molecule has 0 unspecified atom stereocenters. The second-order valence-corrected chi connectivity index (χ2v) is 7.18. The number of aromatic nitrogens is 3. The summed E-state index contributed by atoms with van der Waals surface area (Å²) in [4.78, 5) is 18.9. The molecule has 0 aliphatic rings. The second kappa shape index (κ2) is 8.31. The van der Waals surface area contributed by atoms with Gasteiger partial charge in [0.15, 0.2) is 5.65 Å². The lowest BCUT2D eigenvalue weighted by Gasteiger charge is -2.10. The Kier molecular flexibility index (Phi) is 5.86. The molecule has 3 aromatic rings. The summed E-state index contributed by atoms with van der Waals surface area (Å²) in [6, 6.07) is 10.4. The van der Waals surface area contributed by atoms with Crippen molar-refractivity contribution < 1.29 is 4.79 Å². The maximum Gasteiger partial charge on any atom is 0.241 e. The van der Waals surface area contributed by atoms with Crippen molar-refractivity contribution in [3.8, 4) is 11.1 Å². The van der Waals surface area contributed by atoms with E-state index in [2.05, 4.69) is 51.5 Å². The minimum Gasteiger partial charge on any atom is -0.354 e. The van der Waals surface area contributed by atoms with E-state index in [1.54, 1.807) is 10.9 Å². The van der Waals surface area contributed by atoms with Gasteiger partial charge in [0.25, 0.3) is 0 Å². The molecular weight excluding hydrogens is 338 g/mol. The summed E-state index contributed by atoms with van der Waals surface area (Å²) < 4.78 is 1.70. The van der Waals surface area contributed by atoms with E-state index in [9.17, 15) is 4.79 Å². The number of aryl methyl sites for hydroxylation is 2. The van der Waals surface area contributed by atoms with Crippen molar-refractivity contribution in [1.29, 1.82) is 0 Å². The zero-order chi connectivity index (χ0) is 19.4. The van der Waals surface area contributed by atoms with Crippen molar-refractivity contribution in [2.24, 2.45) is 0 Å². The van der Waals surface area contributed by atoms with Crippen LogP contribution in [-0.4, -0.2) is 52.8 Å². The van der Waals surface area contributed by atoms with E-state index in [1.807, 2.05) is 27.1 Å². The topological polar surface area (TPSA) is 63.1 Å². The van der Waals surface area contributed by atoms with Crippen LogP contribution < -0.4 is 5.32 Å². The van der Waals surface area contributed by atoms with Gasteiger partial charge in [-0.3, -0.25) is 4.79 Å². The summed E-state index contributed by atoms with van der Waals surface area (Å²) in [5.41, 5.74) is 5.07. The van der Waals surface area contributed by atoms with Crippen LogP contribution in [0, 0.1) is 13.8 Å². The molecule has 0 atom stereocenters. The summed E-state index contributed by atoms with van der Waals surface area (Å²) in [7, 11) is 4.05. The Morgan fingerprint density at radius 3 is 2.78 bits per heavy atom. The number of carbonyl (C=O) groups is 1. The van der Waals surface area contributed by atoms with E-state index < -0.39 is 0 Å². The molecule has 6 heteroatoms. The molecule has 0 saturated heterocycles. The molecule has 0 spiro atoms. The third-order valence-electron chi connectivity index (χ3n) is 4.53. The Hall–Kier alpha value is -2.73. The molecule has 0 bridgehead atoms. The number of amides is 1. The second-order valence-electron chi connectivity index (χ2n) is 7.18. The average molecular weight is 365 g/mol. The van der Waals surface area contributed by atoms with Gasteiger partial charge in [0.2, 0.25) is 5.91 Å². The van der Waals surface area contributed by atoms with Crippen LogP contribution >= 0.6 is 0 Å². The fourth-order valence-electron chi connectivity index (χ4n) is 3.26. The minimum absolute atomic E-state index is 0.0408. The van der Waals surface area contributed by atoms with Crippen molar-refractivity contribution in [3.05, 3.63) is 47.8 Å². The molecule has 142 valence electrons. The van der Waals surface area contributed by atoms with Gasteiger partial charge in [0.1, 0.15) is 6.54 Å². The van der Waals surface area contributed by atoms with Crippen LogP contribution in [0.3, 0.4) is 0 Å². The first-order chi connectivity index (χ1) is 13.0. The number of pyridine rings is 1. The number of rotatable bonds is 7. The molecule has 3 rings (SSSR count). The fraction of sp³-hybridized carbons (Fsp3) is 0.381. The van der Waals surface area contributed by atoms with Gasteiger partial charge in [-0.25, -0.2) is 9.67 Å². The van der Waals surface area contributed by atoms with E-state index in [0.29, 0.717) is 6.54 Å². The molecular formula is C21H27N5O. The highest BCUT2D eigenvalue weighted by Gasteiger charge is 2.15. The van der Waals surface area contributed by atoms with Crippen LogP contribution in [0.2, 0.25) is 0 Å². The molecule has 6 nitrogen and oxygen atoms in total. The maximum atomic E-state index is 12.3. The van der Waals surface area contributed by atoms with E-state index in [1.165, 1.54) is 5.56 Å². The normalized spacial score (nSPS) is 11.3. The largest absolute Gasteiger partial charge is 0.354 e. The monoisotopic (exact) mass is 365 g/mol. The highest BCUT2D eigenvalue weighted by atomic mass is 16.2. The summed E-state index contributed by atoms with van der Waals surface area (Å²) in [5, 5.41) is 8.54. The summed E-state index contributed by atoms with van der Waals surface area (Å²) in [6.07, 6.45) is 2.71. The van der Waals surface area contributed by atoms with Gasteiger partial charge in [-0.2, -0.15) is 5.10 Å². The zero-order valence-corrected chi connectivity index (χ0v) is 16.5. The Morgan fingerprint density at radius 1 is 1.22 bits per heavy atom. The zero-order valence-electron chi connectivity index (χ0n) is 16.5. The number of benzene rings is 1. The lowest BCUT2D eigenvalue weighted by atomic mass is 10.0. The van der Waals surface area contributed by atoms with Gasteiger partial charge in [0, 0.05) is 18.1 Å². The van der Waals surface area contributed by atoms with Crippen molar-refractivity contribution in [3.63, 3.8) is 0 Å². The van der Waals surface area contributed by atoms with Crippen LogP contribution in [0.1, 0.15) is 17.7 Å². The third kappa shape index (κ3) is 4.52. The Balaban J connectivity index is 1.82. The van der Waals surface area contributed by atoms with E-state index in [0.717, 1.165) is 40.8 Å².